The predicted molar refractivity (Wildman–Crippen MR) is 115 cm³/mol. The highest BCUT2D eigenvalue weighted by Gasteiger charge is 2.32. The van der Waals surface area contributed by atoms with E-state index in [9.17, 15) is 9.18 Å². The smallest absolute Gasteiger partial charge is 0.322 e. The molecule has 2 saturated heterocycles. The number of amides is 2. The molecule has 8 nitrogen and oxygen atoms in total. The van der Waals surface area contributed by atoms with E-state index in [2.05, 4.69) is 15.3 Å². The molecule has 10 heteroatoms. The number of ether oxygens (including phenoxy) is 1. The summed E-state index contributed by atoms with van der Waals surface area (Å²) in [6.07, 6.45) is 5.28. The molecular formula is C21H22ClFN6O2. The highest BCUT2D eigenvalue weighted by Crippen LogP contribution is 2.38. The van der Waals surface area contributed by atoms with Crippen molar-refractivity contribution in [3.63, 3.8) is 0 Å². The van der Waals surface area contributed by atoms with Crippen molar-refractivity contribution >= 4 is 34.8 Å². The Kier molecular flexibility index (Phi) is 5.15. The number of urea groups is 1. The number of carbonyl (C=O) groups is 1. The molecule has 0 bridgehead atoms. The van der Waals surface area contributed by atoms with E-state index in [4.69, 9.17) is 21.3 Å². The third kappa shape index (κ3) is 3.68. The van der Waals surface area contributed by atoms with E-state index >= 15 is 0 Å². The van der Waals surface area contributed by atoms with Crippen LogP contribution in [0.5, 0.6) is 0 Å². The molecule has 1 atom stereocenters. The van der Waals surface area contributed by atoms with Crippen LogP contribution in [0, 0.1) is 5.82 Å². The largest absolute Gasteiger partial charge is 0.378 e. The lowest BCUT2D eigenvalue weighted by molar-refractivity contribution is -0.00465. The van der Waals surface area contributed by atoms with Crippen molar-refractivity contribution in [3.8, 4) is 0 Å². The Labute approximate surface area is 183 Å². The second-order valence-corrected chi connectivity index (χ2v) is 8.23. The number of hydrogen-bond donors (Lipinski definition) is 1. The summed E-state index contributed by atoms with van der Waals surface area (Å²) in [4.78, 5) is 21.0. The van der Waals surface area contributed by atoms with Crippen molar-refractivity contribution in [1.82, 2.24) is 19.5 Å². The van der Waals surface area contributed by atoms with Gasteiger partial charge in [-0.2, -0.15) is 5.10 Å². The van der Waals surface area contributed by atoms with E-state index < -0.39 is 0 Å². The number of likely N-dealkylation sites (tertiary alicyclic amines) is 1. The Morgan fingerprint density at radius 2 is 2.16 bits per heavy atom. The monoisotopic (exact) mass is 444 g/mol. The molecule has 3 aromatic rings. The Morgan fingerprint density at radius 3 is 2.97 bits per heavy atom. The van der Waals surface area contributed by atoms with Crippen molar-refractivity contribution in [2.24, 2.45) is 0 Å². The van der Waals surface area contributed by atoms with Crippen molar-refractivity contribution in [3.05, 3.63) is 53.1 Å². The molecule has 5 rings (SSSR count). The number of hydrogen-bond acceptors (Lipinski definition) is 5. The fourth-order valence-electron chi connectivity index (χ4n) is 4.19. The van der Waals surface area contributed by atoms with Gasteiger partial charge in [-0.1, -0.05) is 11.6 Å². The molecule has 162 valence electrons. The first-order valence-electron chi connectivity index (χ1n) is 10.2. The number of carbonyl (C=O) groups excluding carboxylic acids is 1. The zero-order valence-corrected chi connectivity index (χ0v) is 17.7. The number of anilines is 2. The molecule has 2 fully saturated rings. The predicted octanol–water partition coefficient (Wildman–Crippen LogP) is 3.73. The second kappa shape index (κ2) is 7.97. The van der Waals surface area contributed by atoms with Gasteiger partial charge in [0.1, 0.15) is 17.3 Å². The summed E-state index contributed by atoms with van der Waals surface area (Å²) in [6.45, 7) is 1.90. The number of benzene rings is 1. The summed E-state index contributed by atoms with van der Waals surface area (Å²) in [5.74, 6) is 0.423. The van der Waals surface area contributed by atoms with Crippen molar-refractivity contribution in [1.29, 1.82) is 0 Å². The third-order valence-electron chi connectivity index (χ3n) is 5.93. The molecule has 2 amide bonds. The molecule has 1 aromatic carbocycles. The third-order valence-corrected chi connectivity index (χ3v) is 6.27. The minimum atomic E-state index is -0.308. The molecule has 31 heavy (non-hydrogen) atoms. The average Bonchev–Trinajstić information content (AvgIpc) is 3.36. The topological polar surface area (TPSA) is 75.0 Å². The normalized spacial score (nSPS) is 19.1. The Balaban J connectivity index is 1.41. The summed E-state index contributed by atoms with van der Waals surface area (Å²) in [6, 6.07) is 6.05. The number of nitrogens with one attached hydrogen (secondary N) is 1. The molecule has 1 unspecified atom stereocenters. The van der Waals surface area contributed by atoms with Gasteiger partial charge in [0.05, 0.1) is 31.4 Å². The number of nitrogens with zero attached hydrogens (tertiary/aromatic N) is 5. The highest BCUT2D eigenvalue weighted by atomic mass is 35.5. The quantitative estimate of drug-likeness (QED) is 0.663. The van der Waals surface area contributed by atoms with Gasteiger partial charge in [0.25, 0.3) is 0 Å². The van der Waals surface area contributed by atoms with Gasteiger partial charge in [0.2, 0.25) is 0 Å². The Bertz CT molecular complexity index is 1130. The van der Waals surface area contributed by atoms with Crippen LogP contribution in [0.2, 0.25) is 5.02 Å². The van der Waals surface area contributed by atoms with Crippen molar-refractivity contribution in [2.45, 2.75) is 25.0 Å². The Hall–Kier alpha value is -2.91. The summed E-state index contributed by atoms with van der Waals surface area (Å²) in [5, 5.41) is 7.71. The van der Waals surface area contributed by atoms with E-state index in [1.807, 2.05) is 6.07 Å². The molecule has 0 radical (unpaired) electrons. The molecule has 0 spiro atoms. The van der Waals surface area contributed by atoms with Crippen LogP contribution in [0.25, 0.3) is 5.65 Å². The number of aromatic nitrogens is 3. The van der Waals surface area contributed by atoms with Gasteiger partial charge >= 0.3 is 6.03 Å². The lowest BCUT2D eigenvalue weighted by atomic mass is 10.0. The van der Waals surface area contributed by atoms with Crippen molar-refractivity contribution < 1.29 is 13.9 Å². The van der Waals surface area contributed by atoms with Crippen LogP contribution in [-0.4, -0.2) is 58.4 Å². The maximum Gasteiger partial charge on any atom is 0.322 e. The molecule has 2 aromatic heterocycles. The molecule has 1 N–H and O–H groups in total. The fraction of sp³-hybridized carbons (Fsp3) is 0.381. The fourth-order valence-corrected chi connectivity index (χ4v) is 4.43. The first-order valence-corrected chi connectivity index (χ1v) is 10.6. The van der Waals surface area contributed by atoms with Gasteiger partial charge in [-0.05, 0) is 42.7 Å². The molecule has 0 saturated carbocycles. The summed E-state index contributed by atoms with van der Waals surface area (Å²) < 4.78 is 20.7. The summed E-state index contributed by atoms with van der Waals surface area (Å²) in [5.41, 5.74) is 1.84. The molecule has 0 aliphatic carbocycles. The van der Waals surface area contributed by atoms with Gasteiger partial charge in [-0.3, -0.25) is 0 Å². The number of halogens is 2. The SMILES string of the molecule is COC1CN(C(=O)Nc2cnn3ccc(N4CCCC4c4cc(F)ccc4Cl)nc23)C1. The van der Waals surface area contributed by atoms with Crippen LogP contribution < -0.4 is 10.2 Å². The van der Waals surface area contributed by atoms with E-state index in [0.29, 0.717) is 29.4 Å². The maximum absolute atomic E-state index is 13.9. The molecule has 2 aliphatic rings. The summed E-state index contributed by atoms with van der Waals surface area (Å²) >= 11 is 6.37. The lowest BCUT2D eigenvalue weighted by Crippen LogP contribution is -2.55. The minimum Gasteiger partial charge on any atom is -0.378 e. The van der Waals surface area contributed by atoms with Crippen LogP contribution >= 0.6 is 11.6 Å². The summed E-state index contributed by atoms with van der Waals surface area (Å²) in [7, 11) is 1.64. The highest BCUT2D eigenvalue weighted by molar-refractivity contribution is 6.31. The second-order valence-electron chi connectivity index (χ2n) is 7.82. The van der Waals surface area contributed by atoms with E-state index in [1.165, 1.54) is 12.1 Å². The zero-order valence-electron chi connectivity index (χ0n) is 17.0. The van der Waals surface area contributed by atoms with Crippen LogP contribution in [0.3, 0.4) is 0 Å². The zero-order chi connectivity index (χ0) is 21.5. The van der Waals surface area contributed by atoms with Crippen molar-refractivity contribution in [2.75, 3.05) is 37.0 Å². The first kappa shape index (κ1) is 20.0. The maximum atomic E-state index is 13.9. The number of fused-ring (bicyclic) bond motifs is 1. The number of methoxy groups -OCH3 is 1. The Morgan fingerprint density at radius 1 is 1.32 bits per heavy atom. The van der Waals surface area contributed by atoms with Crippen LogP contribution in [0.1, 0.15) is 24.4 Å². The number of rotatable bonds is 4. The molecular weight excluding hydrogens is 423 g/mol. The minimum absolute atomic E-state index is 0.0637. The van der Waals surface area contributed by atoms with E-state index in [-0.39, 0.29) is 24.0 Å². The van der Waals surface area contributed by atoms with Crippen LogP contribution in [0.15, 0.2) is 36.7 Å². The van der Waals surface area contributed by atoms with Gasteiger partial charge < -0.3 is 19.9 Å². The van der Waals surface area contributed by atoms with Gasteiger partial charge in [-0.25, -0.2) is 18.7 Å². The van der Waals surface area contributed by atoms with Gasteiger partial charge in [-0.15, -0.1) is 0 Å². The lowest BCUT2D eigenvalue weighted by Gasteiger charge is -2.37. The molecule has 4 heterocycles. The first-order chi connectivity index (χ1) is 15.0. The van der Waals surface area contributed by atoms with E-state index in [1.54, 1.807) is 35.0 Å². The average molecular weight is 445 g/mol. The standard InChI is InChI=1S/C21H22ClFN6O2/c1-31-14-11-27(12-14)21(30)25-17-10-24-29-8-6-19(26-20(17)29)28-7-2-3-18(28)15-9-13(23)4-5-16(15)22/h4-6,8-10,14,18H,2-3,7,11-12H2,1H3,(H,25,30). The van der Waals surface area contributed by atoms with E-state index in [0.717, 1.165) is 30.8 Å². The van der Waals surface area contributed by atoms with Crippen LogP contribution in [0.4, 0.5) is 20.7 Å². The van der Waals surface area contributed by atoms with Gasteiger partial charge in [0.15, 0.2) is 5.65 Å². The van der Waals surface area contributed by atoms with Gasteiger partial charge in [0, 0.05) is 24.9 Å². The van der Waals surface area contributed by atoms with Crippen LogP contribution in [-0.2, 0) is 4.74 Å². The molecule has 2 aliphatic heterocycles.